The van der Waals surface area contributed by atoms with Gasteiger partial charge in [-0.1, -0.05) is 0 Å². The van der Waals surface area contributed by atoms with Crippen LogP contribution in [0.4, 0.5) is 18.0 Å². The molecule has 1 saturated heterocycles. The fourth-order valence-electron chi connectivity index (χ4n) is 3.02. The van der Waals surface area contributed by atoms with Crippen molar-refractivity contribution >= 4 is 16.2 Å². The molecule has 0 spiro atoms. The van der Waals surface area contributed by atoms with Crippen LogP contribution in [0.15, 0.2) is 11.8 Å². The molecule has 12 heteroatoms. The molecular formula is C16H24F3NO7S. The highest BCUT2D eigenvalue weighted by atomic mass is 32.2. The molecule has 0 radical (unpaired) electrons. The lowest BCUT2D eigenvalue weighted by molar-refractivity contribution is -0.269. The Balaban J connectivity index is 2.34. The molecule has 2 heterocycles. The third-order valence-corrected chi connectivity index (χ3v) is 5.19. The molecular weight excluding hydrogens is 407 g/mol. The summed E-state index contributed by atoms with van der Waals surface area (Å²) in [7, 11) is -5.90. The zero-order valence-electron chi connectivity index (χ0n) is 15.8. The van der Waals surface area contributed by atoms with Crippen molar-refractivity contribution in [3.05, 3.63) is 11.8 Å². The fraction of sp³-hybridized carbons (Fsp3) is 0.812. The molecule has 0 saturated carbocycles. The van der Waals surface area contributed by atoms with Crippen LogP contribution < -0.4 is 0 Å². The number of alkyl halides is 3. The maximum absolute atomic E-state index is 12.7. The number of amides is 1. The number of hydrogen-bond donors (Lipinski definition) is 1. The Morgan fingerprint density at radius 2 is 2.00 bits per heavy atom. The quantitative estimate of drug-likeness (QED) is 0.392. The van der Waals surface area contributed by atoms with Gasteiger partial charge >= 0.3 is 21.7 Å². The Kier molecular flexibility index (Phi) is 6.27. The number of unbranched alkanes of at least 4 members (excludes halogenated alkanes) is 1. The predicted molar refractivity (Wildman–Crippen MR) is 90.0 cm³/mol. The summed E-state index contributed by atoms with van der Waals surface area (Å²) in [6.45, 7) is 4.71. The van der Waals surface area contributed by atoms with Gasteiger partial charge in [-0.2, -0.15) is 26.7 Å². The SMILES string of the molecule is CC(C)(C)OC(=O)N1O[C@]2(CCCCO)C=C(OS(=O)(=O)C(F)(F)F)[C@H]1CC2. The van der Waals surface area contributed by atoms with Gasteiger partial charge in [0.05, 0.1) is 0 Å². The smallest absolute Gasteiger partial charge is 0.442 e. The summed E-state index contributed by atoms with van der Waals surface area (Å²) in [5.74, 6) is -0.523. The fourth-order valence-corrected chi connectivity index (χ4v) is 3.53. The molecule has 2 bridgehead atoms. The topological polar surface area (TPSA) is 102 Å². The van der Waals surface area contributed by atoms with E-state index < -0.39 is 44.7 Å². The van der Waals surface area contributed by atoms with Gasteiger partial charge in [0.15, 0.2) is 0 Å². The average molecular weight is 431 g/mol. The van der Waals surface area contributed by atoms with Crippen LogP contribution in [0.5, 0.6) is 0 Å². The summed E-state index contributed by atoms with van der Waals surface area (Å²) in [6.07, 6.45) is 1.81. The van der Waals surface area contributed by atoms with Gasteiger partial charge in [-0.3, -0.25) is 4.84 Å². The first-order chi connectivity index (χ1) is 12.7. The second-order valence-corrected chi connectivity index (χ2v) is 9.27. The first-order valence-electron chi connectivity index (χ1n) is 8.75. The van der Waals surface area contributed by atoms with Gasteiger partial charge in [-0.05, 0) is 59.0 Å². The lowest BCUT2D eigenvalue weighted by atomic mass is 9.82. The van der Waals surface area contributed by atoms with Crippen molar-refractivity contribution in [2.45, 2.75) is 75.6 Å². The van der Waals surface area contributed by atoms with E-state index in [0.717, 1.165) is 5.06 Å². The van der Waals surface area contributed by atoms with Gasteiger partial charge in [0.1, 0.15) is 23.0 Å². The normalized spacial score (nSPS) is 25.5. The summed E-state index contributed by atoms with van der Waals surface area (Å²) in [5, 5.41) is 9.70. The maximum atomic E-state index is 12.7. The standard InChI is InChI=1S/C16H24F3NO7S/c1-14(2,3)25-13(22)20-11-6-8-15(27-20,7-4-5-9-21)10-12(11)26-28(23,24)16(17,18)19/h10-11,21H,4-9H2,1-3H3/t11-,15+/m1/s1. The number of ether oxygens (including phenoxy) is 1. The number of aliphatic hydroxyl groups excluding tert-OH is 1. The molecule has 3 rings (SSSR count). The Morgan fingerprint density at radius 3 is 2.54 bits per heavy atom. The highest BCUT2D eigenvalue weighted by molar-refractivity contribution is 7.87. The van der Waals surface area contributed by atoms with Crippen LogP contribution in [0.1, 0.15) is 52.9 Å². The Hall–Kier alpha value is -1.53. The highest BCUT2D eigenvalue weighted by Crippen LogP contribution is 2.45. The molecule has 8 nitrogen and oxygen atoms in total. The number of carbonyl (C=O) groups excluding carboxylic acids is 1. The van der Waals surface area contributed by atoms with Crippen molar-refractivity contribution in [1.82, 2.24) is 5.06 Å². The largest absolute Gasteiger partial charge is 0.534 e. The van der Waals surface area contributed by atoms with Gasteiger partial charge in [0.25, 0.3) is 0 Å². The third kappa shape index (κ3) is 5.09. The summed E-state index contributed by atoms with van der Waals surface area (Å²) in [6, 6.07) is -1.16. The van der Waals surface area contributed by atoms with Crippen LogP contribution in [0.3, 0.4) is 0 Å². The molecule has 2 aliphatic heterocycles. The zero-order chi connectivity index (χ0) is 21.4. The number of rotatable bonds is 6. The highest BCUT2D eigenvalue weighted by Gasteiger charge is 2.54. The van der Waals surface area contributed by atoms with Crippen LogP contribution in [0.2, 0.25) is 0 Å². The molecule has 0 aromatic rings. The number of halogens is 3. The van der Waals surface area contributed by atoms with E-state index in [1.54, 1.807) is 20.8 Å². The van der Waals surface area contributed by atoms with E-state index >= 15 is 0 Å². The second-order valence-electron chi connectivity index (χ2n) is 7.73. The van der Waals surface area contributed by atoms with Gasteiger partial charge in [0, 0.05) is 6.61 Å². The van der Waals surface area contributed by atoms with Gasteiger partial charge in [-0.15, -0.1) is 0 Å². The van der Waals surface area contributed by atoms with E-state index in [0.29, 0.717) is 19.3 Å². The molecule has 162 valence electrons. The van der Waals surface area contributed by atoms with Crippen molar-refractivity contribution in [2.75, 3.05) is 6.61 Å². The van der Waals surface area contributed by atoms with E-state index in [1.165, 1.54) is 6.08 Å². The number of aliphatic hydroxyl groups is 1. The molecule has 1 N–H and O–H groups in total. The molecule has 3 aliphatic rings. The van der Waals surface area contributed by atoms with Crippen molar-refractivity contribution in [3.63, 3.8) is 0 Å². The van der Waals surface area contributed by atoms with Crippen molar-refractivity contribution < 1.29 is 45.2 Å². The van der Waals surface area contributed by atoms with Gasteiger partial charge in [0.2, 0.25) is 0 Å². The monoisotopic (exact) mass is 431 g/mol. The summed E-state index contributed by atoms with van der Waals surface area (Å²) in [5.41, 5.74) is -7.73. The van der Waals surface area contributed by atoms with E-state index in [1.807, 2.05) is 0 Å². The zero-order valence-corrected chi connectivity index (χ0v) is 16.6. The molecule has 1 amide bonds. The first-order valence-corrected chi connectivity index (χ1v) is 10.2. The van der Waals surface area contributed by atoms with Crippen LogP contribution in [-0.2, 0) is 23.9 Å². The van der Waals surface area contributed by atoms with Gasteiger partial charge in [-0.25, -0.2) is 4.79 Å². The molecule has 0 unspecified atom stereocenters. The van der Waals surface area contributed by atoms with E-state index in [2.05, 4.69) is 4.18 Å². The number of hydroxylamine groups is 2. The Morgan fingerprint density at radius 1 is 1.36 bits per heavy atom. The minimum absolute atomic E-state index is 0.0932. The van der Waals surface area contributed by atoms with Crippen molar-refractivity contribution in [2.24, 2.45) is 0 Å². The maximum Gasteiger partial charge on any atom is 0.534 e. The number of fused-ring (bicyclic) bond motifs is 2. The molecule has 0 aromatic heterocycles. The van der Waals surface area contributed by atoms with Crippen LogP contribution in [-0.4, -0.2) is 54.0 Å². The molecule has 1 fully saturated rings. The number of carbonyl (C=O) groups is 1. The summed E-state index contributed by atoms with van der Waals surface area (Å²) in [4.78, 5) is 18.2. The predicted octanol–water partition coefficient (Wildman–Crippen LogP) is 2.98. The number of nitrogens with zero attached hydrogens (tertiary/aromatic N) is 1. The van der Waals surface area contributed by atoms with Crippen LogP contribution in [0, 0.1) is 0 Å². The summed E-state index contributed by atoms with van der Waals surface area (Å²) >= 11 is 0. The van der Waals surface area contributed by atoms with Crippen molar-refractivity contribution in [1.29, 1.82) is 0 Å². The number of hydrogen-bond acceptors (Lipinski definition) is 7. The first kappa shape index (κ1) is 22.8. The van der Waals surface area contributed by atoms with Crippen molar-refractivity contribution in [3.8, 4) is 0 Å². The Bertz CT molecular complexity index is 730. The molecule has 2 atom stereocenters. The second kappa shape index (κ2) is 7.71. The minimum Gasteiger partial charge on any atom is -0.442 e. The molecule has 1 aliphatic carbocycles. The molecule has 28 heavy (non-hydrogen) atoms. The lowest BCUT2D eigenvalue weighted by Crippen LogP contribution is -2.58. The van der Waals surface area contributed by atoms with E-state index in [9.17, 15) is 26.4 Å². The molecule has 0 aromatic carbocycles. The van der Waals surface area contributed by atoms with Crippen LogP contribution in [0.25, 0.3) is 0 Å². The average Bonchev–Trinajstić information content (AvgIpc) is 2.52. The lowest BCUT2D eigenvalue weighted by Gasteiger charge is -2.49. The van der Waals surface area contributed by atoms with E-state index in [-0.39, 0.29) is 19.4 Å². The third-order valence-electron chi connectivity index (χ3n) is 4.21. The van der Waals surface area contributed by atoms with Gasteiger partial charge < -0.3 is 14.0 Å². The summed E-state index contributed by atoms with van der Waals surface area (Å²) < 4.78 is 70.7. The Labute approximate surface area is 161 Å². The minimum atomic E-state index is -5.90. The van der Waals surface area contributed by atoms with E-state index in [4.69, 9.17) is 14.7 Å². The van der Waals surface area contributed by atoms with Crippen LogP contribution >= 0.6 is 0 Å².